The molecular formula is C14H18N2O2. The summed E-state index contributed by atoms with van der Waals surface area (Å²) in [5, 5.41) is 3.16. The number of nitrogens with one attached hydrogen (secondary N) is 1. The van der Waals surface area contributed by atoms with Crippen LogP contribution in [0.3, 0.4) is 0 Å². The molecule has 2 rings (SSSR count). The number of nitrogens with zero attached hydrogens (tertiary/aromatic N) is 1. The van der Waals surface area contributed by atoms with E-state index < -0.39 is 5.78 Å². The van der Waals surface area contributed by atoms with Crippen molar-refractivity contribution < 1.29 is 9.59 Å². The average Bonchev–Trinajstić information content (AvgIpc) is 2.41. The van der Waals surface area contributed by atoms with Gasteiger partial charge in [0.05, 0.1) is 0 Å². The van der Waals surface area contributed by atoms with E-state index in [1.54, 1.807) is 17.0 Å². The molecule has 4 heteroatoms. The first-order valence-electron chi connectivity index (χ1n) is 6.21. The number of amides is 1. The summed E-state index contributed by atoms with van der Waals surface area (Å²) in [5.41, 5.74) is 2.65. The van der Waals surface area contributed by atoms with Gasteiger partial charge in [0, 0.05) is 31.7 Å². The second-order valence-corrected chi connectivity index (χ2v) is 4.67. The SMILES string of the molecule is Cc1ccc(C(=O)C(=O)N2CCNCC2)cc1C. The molecule has 1 saturated heterocycles. The van der Waals surface area contributed by atoms with E-state index in [-0.39, 0.29) is 5.91 Å². The highest BCUT2D eigenvalue weighted by Gasteiger charge is 2.24. The molecule has 0 atom stereocenters. The Morgan fingerprint density at radius 1 is 1.11 bits per heavy atom. The lowest BCUT2D eigenvalue weighted by molar-refractivity contribution is -0.126. The first-order chi connectivity index (χ1) is 8.59. The quantitative estimate of drug-likeness (QED) is 0.623. The minimum Gasteiger partial charge on any atom is -0.333 e. The molecule has 96 valence electrons. The van der Waals surface area contributed by atoms with E-state index >= 15 is 0 Å². The van der Waals surface area contributed by atoms with Crippen molar-refractivity contribution in [3.63, 3.8) is 0 Å². The number of rotatable bonds is 2. The van der Waals surface area contributed by atoms with E-state index in [1.165, 1.54) is 0 Å². The molecule has 0 aliphatic carbocycles. The maximum atomic E-state index is 12.1. The summed E-state index contributed by atoms with van der Waals surface area (Å²) in [6.07, 6.45) is 0. The van der Waals surface area contributed by atoms with Crippen LogP contribution in [0.4, 0.5) is 0 Å². The van der Waals surface area contributed by atoms with Crippen molar-refractivity contribution in [3.8, 4) is 0 Å². The van der Waals surface area contributed by atoms with Gasteiger partial charge in [-0.05, 0) is 31.0 Å². The number of carbonyl (C=O) groups is 2. The number of carbonyl (C=O) groups excluding carboxylic acids is 2. The zero-order valence-corrected chi connectivity index (χ0v) is 10.8. The van der Waals surface area contributed by atoms with Gasteiger partial charge in [-0.2, -0.15) is 0 Å². The highest BCUT2D eigenvalue weighted by atomic mass is 16.2. The molecule has 1 N–H and O–H groups in total. The van der Waals surface area contributed by atoms with Gasteiger partial charge in [-0.3, -0.25) is 9.59 Å². The minimum absolute atomic E-state index is 0.389. The first-order valence-corrected chi connectivity index (χ1v) is 6.21. The van der Waals surface area contributed by atoms with Crippen LogP contribution in [-0.4, -0.2) is 42.8 Å². The lowest BCUT2D eigenvalue weighted by atomic mass is 10.0. The zero-order valence-electron chi connectivity index (χ0n) is 10.8. The van der Waals surface area contributed by atoms with Crippen molar-refractivity contribution in [1.29, 1.82) is 0 Å². The van der Waals surface area contributed by atoms with Crippen LogP contribution in [0, 0.1) is 13.8 Å². The predicted octanol–water partition coefficient (Wildman–Crippen LogP) is 0.918. The van der Waals surface area contributed by atoms with E-state index in [0.29, 0.717) is 18.7 Å². The Balaban J connectivity index is 2.14. The molecule has 0 bridgehead atoms. The molecule has 18 heavy (non-hydrogen) atoms. The molecule has 1 amide bonds. The molecule has 1 aliphatic heterocycles. The van der Waals surface area contributed by atoms with E-state index in [4.69, 9.17) is 0 Å². The first kappa shape index (κ1) is 12.8. The van der Waals surface area contributed by atoms with E-state index in [1.807, 2.05) is 19.9 Å². The summed E-state index contributed by atoms with van der Waals surface area (Å²) in [4.78, 5) is 25.8. The fourth-order valence-electron chi connectivity index (χ4n) is 2.02. The fourth-order valence-corrected chi connectivity index (χ4v) is 2.02. The Hall–Kier alpha value is -1.68. The number of Topliss-reactive ketones (excluding diaryl/α,β-unsaturated/α-hetero) is 1. The third kappa shape index (κ3) is 2.59. The van der Waals surface area contributed by atoms with Crippen molar-refractivity contribution in [2.45, 2.75) is 13.8 Å². The van der Waals surface area contributed by atoms with Crippen LogP contribution < -0.4 is 5.32 Å². The molecule has 0 saturated carbocycles. The van der Waals surface area contributed by atoms with E-state index in [0.717, 1.165) is 24.2 Å². The van der Waals surface area contributed by atoms with Gasteiger partial charge in [0.25, 0.3) is 5.91 Å². The van der Waals surface area contributed by atoms with Crippen molar-refractivity contribution in [1.82, 2.24) is 10.2 Å². The zero-order chi connectivity index (χ0) is 13.1. The van der Waals surface area contributed by atoms with E-state index in [9.17, 15) is 9.59 Å². The average molecular weight is 246 g/mol. The molecule has 0 spiro atoms. The molecule has 1 aromatic rings. The fraction of sp³-hybridized carbons (Fsp3) is 0.429. The van der Waals surface area contributed by atoms with Gasteiger partial charge in [-0.25, -0.2) is 0 Å². The molecule has 0 radical (unpaired) electrons. The predicted molar refractivity (Wildman–Crippen MR) is 69.7 cm³/mol. The number of piperazine rings is 1. The monoisotopic (exact) mass is 246 g/mol. The number of aryl methyl sites for hydroxylation is 2. The van der Waals surface area contributed by atoms with Crippen LogP contribution >= 0.6 is 0 Å². The largest absolute Gasteiger partial charge is 0.333 e. The highest BCUT2D eigenvalue weighted by molar-refractivity contribution is 6.42. The van der Waals surface area contributed by atoms with E-state index in [2.05, 4.69) is 5.32 Å². The normalized spacial score (nSPS) is 15.6. The third-order valence-electron chi connectivity index (χ3n) is 3.37. The van der Waals surface area contributed by atoms with Crippen LogP contribution in [0.5, 0.6) is 0 Å². The summed E-state index contributed by atoms with van der Waals surface area (Å²) in [6.45, 7) is 6.66. The summed E-state index contributed by atoms with van der Waals surface area (Å²) >= 11 is 0. The van der Waals surface area contributed by atoms with Gasteiger partial charge in [-0.1, -0.05) is 12.1 Å². The van der Waals surface area contributed by atoms with Crippen molar-refractivity contribution in [2.24, 2.45) is 0 Å². The van der Waals surface area contributed by atoms with Crippen molar-refractivity contribution in [3.05, 3.63) is 34.9 Å². The maximum absolute atomic E-state index is 12.1. The van der Waals surface area contributed by atoms with Crippen LogP contribution in [0.15, 0.2) is 18.2 Å². The molecule has 1 heterocycles. The molecule has 0 aromatic heterocycles. The number of ketones is 1. The van der Waals surface area contributed by atoms with Crippen LogP contribution in [0.25, 0.3) is 0 Å². The van der Waals surface area contributed by atoms with Crippen molar-refractivity contribution >= 4 is 11.7 Å². The van der Waals surface area contributed by atoms with Gasteiger partial charge in [-0.15, -0.1) is 0 Å². The van der Waals surface area contributed by atoms with Gasteiger partial charge in [0.1, 0.15) is 0 Å². The third-order valence-corrected chi connectivity index (χ3v) is 3.37. The lowest BCUT2D eigenvalue weighted by Crippen LogP contribution is -2.48. The van der Waals surface area contributed by atoms with Gasteiger partial charge >= 0.3 is 0 Å². The standard InChI is InChI=1S/C14H18N2O2/c1-10-3-4-12(9-11(10)2)13(17)14(18)16-7-5-15-6-8-16/h3-4,9,15H,5-8H2,1-2H3. The second-order valence-electron chi connectivity index (χ2n) is 4.67. The number of benzene rings is 1. The highest BCUT2D eigenvalue weighted by Crippen LogP contribution is 2.11. The summed E-state index contributed by atoms with van der Waals surface area (Å²) in [6, 6.07) is 5.40. The Morgan fingerprint density at radius 2 is 1.78 bits per heavy atom. The van der Waals surface area contributed by atoms with Crippen LogP contribution in [0.1, 0.15) is 21.5 Å². The summed E-state index contributed by atoms with van der Waals surface area (Å²) < 4.78 is 0. The van der Waals surface area contributed by atoms with Gasteiger partial charge in [0.15, 0.2) is 0 Å². The van der Waals surface area contributed by atoms with Gasteiger partial charge in [0.2, 0.25) is 5.78 Å². The Kier molecular flexibility index (Phi) is 3.77. The molecule has 1 aromatic carbocycles. The van der Waals surface area contributed by atoms with Gasteiger partial charge < -0.3 is 10.2 Å². The molecule has 1 fully saturated rings. The van der Waals surface area contributed by atoms with Crippen molar-refractivity contribution in [2.75, 3.05) is 26.2 Å². The Labute approximate surface area is 107 Å². The maximum Gasteiger partial charge on any atom is 0.295 e. The minimum atomic E-state index is -0.403. The summed E-state index contributed by atoms with van der Waals surface area (Å²) in [7, 11) is 0. The second kappa shape index (κ2) is 5.31. The topological polar surface area (TPSA) is 49.4 Å². The number of hydrogen-bond donors (Lipinski definition) is 1. The van der Waals surface area contributed by atoms with Crippen LogP contribution in [0.2, 0.25) is 0 Å². The Morgan fingerprint density at radius 3 is 2.39 bits per heavy atom. The molecule has 0 unspecified atom stereocenters. The molecule has 1 aliphatic rings. The van der Waals surface area contributed by atoms with Crippen LogP contribution in [-0.2, 0) is 4.79 Å². The lowest BCUT2D eigenvalue weighted by Gasteiger charge is -2.26. The number of hydrogen-bond acceptors (Lipinski definition) is 3. The summed E-state index contributed by atoms with van der Waals surface area (Å²) in [5.74, 6) is -0.792. The smallest absolute Gasteiger partial charge is 0.295 e. The molecular weight excluding hydrogens is 228 g/mol. The Bertz CT molecular complexity index is 477. The molecule has 4 nitrogen and oxygen atoms in total.